The van der Waals surface area contributed by atoms with Crippen LogP contribution in [0.1, 0.15) is 63.4 Å². The Labute approximate surface area is 231 Å². The van der Waals surface area contributed by atoms with Crippen LogP contribution in [0, 0.1) is 41.4 Å². The first-order chi connectivity index (χ1) is 16.4. The van der Waals surface area contributed by atoms with Crippen LogP contribution >= 0.6 is 0 Å². The van der Waals surface area contributed by atoms with Gasteiger partial charge in [0, 0.05) is 35.8 Å². The van der Waals surface area contributed by atoms with Crippen LogP contribution in [0.4, 0.5) is 0 Å². The van der Waals surface area contributed by atoms with Gasteiger partial charge in [-0.1, -0.05) is 63.1 Å². The summed E-state index contributed by atoms with van der Waals surface area (Å²) in [6.07, 6.45) is 17.8. The summed E-state index contributed by atoms with van der Waals surface area (Å²) in [7, 11) is 0. The second-order valence-electron chi connectivity index (χ2n) is 10.5. The molecular formula is C29H38NNaO4. The summed E-state index contributed by atoms with van der Waals surface area (Å²) in [5, 5.41) is 11.2. The van der Waals surface area contributed by atoms with Gasteiger partial charge in [-0.2, -0.15) is 0 Å². The normalized spacial score (nSPS) is 33.8. The zero-order chi connectivity index (χ0) is 24.2. The van der Waals surface area contributed by atoms with Gasteiger partial charge in [-0.15, -0.1) is 0 Å². The van der Waals surface area contributed by atoms with Crippen molar-refractivity contribution in [2.45, 2.75) is 59.0 Å². The Bertz CT molecular complexity index is 950. The third-order valence-electron chi connectivity index (χ3n) is 8.49. The molecule has 8 unspecified atom stereocenters. The van der Waals surface area contributed by atoms with Gasteiger partial charge in [0.25, 0.3) is 0 Å². The summed E-state index contributed by atoms with van der Waals surface area (Å²) >= 11 is 0. The number of allylic oxidation sites excluding steroid dienone is 5. The summed E-state index contributed by atoms with van der Waals surface area (Å²) in [5.74, 6) is 0.220. The molecule has 0 radical (unpaired) electrons. The van der Waals surface area contributed by atoms with E-state index in [1.54, 1.807) is 6.92 Å². The van der Waals surface area contributed by atoms with E-state index in [0.717, 1.165) is 19.3 Å². The molecule has 0 amide bonds. The van der Waals surface area contributed by atoms with Crippen LogP contribution in [0.2, 0.25) is 0 Å². The van der Waals surface area contributed by atoms with E-state index in [4.69, 9.17) is 4.74 Å². The van der Waals surface area contributed by atoms with Crippen LogP contribution in [-0.4, -0.2) is 29.4 Å². The Morgan fingerprint density at radius 1 is 1.29 bits per heavy atom. The summed E-state index contributed by atoms with van der Waals surface area (Å²) in [6.45, 7) is 6.55. The van der Waals surface area contributed by atoms with Crippen LogP contribution in [0.5, 0.6) is 0 Å². The molecule has 2 aliphatic carbocycles. The molecule has 2 fully saturated rings. The molecule has 0 spiro atoms. The van der Waals surface area contributed by atoms with Gasteiger partial charge >= 0.3 is 29.6 Å². The topological polar surface area (TPSA) is 82.2 Å². The molecule has 1 N–H and O–H groups in total. The van der Waals surface area contributed by atoms with Crippen LogP contribution in [0.3, 0.4) is 0 Å². The minimum atomic E-state index is -1.04. The number of fused-ring (bicyclic) bond motifs is 1. The number of carbonyl (C=O) groups excluding carboxylic acids is 2. The quantitative estimate of drug-likeness (QED) is 0.262. The Morgan fingerprint density at radius 2 is 2.09 bits per heavy atom. The number of Topliss-reactive ketones (excluding diaryl/α,β-unsaturated/α-hetero) is 1. The third-order valence-corrected chi connectivity index (χ3v) is 8.49. The molecule has 2 heterocycles. The molecule has 0 aromatic carbocycles. The average Bonchev–Trinajstić information content (AvgIpc) is 3.53. The first kappa shape index (κ1) is 28.2. The van der Waals surface area contributed by atoms with Gasteiger partial charge in [0.05, 0.1) is 18.4 Å². The smallest absolute Gasteiger partial charge is 0.550 e. The molecule has 6 heteroatoms. The number of aliphatic carboxylic acids is 1. The van der Waals surface area contributed by atoms with Gasteiger partial charge in [-0.3, -0.25) is 4.79 Å². The minimum Gasteiger partial charge on any atom is -0.550 e. The van der Waals surface area contributed by atoms with Crippen LogP contribution in [-0.2, 0) is 9.53 Å². The molecule has 1 aromatic rings. The van der Waals surface area contributed by atoms with E-state index in [1.807, 2.05) is 18.3 Å². The monoisotopic (exact) mass is 487 g/mol. The molecular weight excluding hydrogens is 449 g/mol. The van der Waals surface area contributed by atoms with Crippen molar-refractivity contribution in [2.24, 2.45) is 41.4 Å². The maximum absolute atomic E-state index is 13.4. The largest absolute Gasteiger partial charge is 1.00 e. The summed E-state index contributed by atoms with van der Waals surface area (Å²) in [4.78, 5) is 27.8. The summed E-state index contributed by atoms with van der Waals surface area (Å²) in [5.41, 5.74) is 2.02. The van der Waals surface area contributed by atoms with Gasteiger partial charge in [0.15, 0.2) is 5.78 Å². The first-order valence-corrected chi connectivity index (χ1v) is 13.0. The number of carboxylic acids is 1. The number of aromatic amines is 1. The second-order valence-corrected chi connectivity index (χ2v) is 10.5. The molecule has 1 saturated heterocycles. The van der Waals surface area contributed by atoms with Gasteiger partial charge in [0.1, 0.15) is 0 Å². The number of ether oxygens (including phenoxy) is 1. The molecule has 1 aromatic heterocycles. The van der Waals surface area contributed by atoms with Gasteiger partial charge < -0.3 is 19.6 Å². The molecule has 184 valence electrons. The van der Waals surface area contributed by atoms with Crippen molar-refractivity contribution in [2.75, 3.05) is 6.61 Å². The standard InChI is InChI=1S/C29H39NO4.Na/c1-4-20(24-17-34-26(16-18(24)2)19(3)29(32)33)8-5-10-22-14-13-21-9-6-11-23(21)27(22)28(31)25-12-7-15-30-25;/h5,7-8,10,12-15,18-19,21-24,26-27,30H,4,6,9,11,16-17H2,1-3H3,(H,32,33);/q;+1/p-1/b10-5+,20-8+;. The maximum Gasteiger partial charge on any atom is 1.00 e. The van der Waals surface area contributed by atoms with E-state index in [0.29, 0.717) is 30.1 Å². The van der Waals surface area contributed by atoms with E-state index in [1.165, 1.54) is 18.4 Å². The minimum absolute atomic E-state index is 0. The van der Waals surface area contributed by atoms with Crippen LogP contribution in [0.15, 0.2) is 54.3 Å². The van der Waals surface area contributed by atoms with E-state index >= 15 is 0 Å². The molecule has 8 atom stereocenters. The second kappa shape index (κ2) is 12.7. The first-order valence-electron chi connectivity index (χ1n) is 13.0. The molecule has 1 aliphatic heterocycles. The molecule has 1 saturated carbocycles. The van der Waals surface area contributed by atoms with Gasteiger partial charge in [-0.05, 0) is 55.6 Å². The number of carboxylic acid groups (broad SMARTS) is 1. The van der Waals surface area contributed by atoms with Crippen LogP contribution < -0.4 is 34.7 Å². The fourth-order valence-corrected chi connectivity index (χ4v) is 6.37. The number of carbonyl (C=O) groups is 2. The number of aromatic nitrogens is 1. The van der Waals surface area contributed by atoms with E-state index < -0.39 is 11.9 Å². The number of hydrogen-bond acceptors (Lipinski definition) is 4. The third kappa shape index (κ3) is 6.30. The number of nitrogens with one attached hydrogen (secondary N) is 1. The molecule has 3 aliphatic rings. The Kier molecular flexibility index (Phi) is 10.2. The molecule has 0 bridgehead atoms. The molecule has 5 nitrogen and oxygen atoms in total. The van der Waals surface area contributed by atoms with E-state index in [2.05, 4.69) is 49.2 Å². The fourth-order valence-electron chi connectivity index (χ4n) is 6.37. The summed E-state index contributed by atoms with van der Waals surface area (Å²) in [6, 6.07) is 3.78. The van der Waals surface area contributed by atoms with E-state index in [-0.39, 0.29) is 59.2 Å². The Morgan fingerprint density at radius 3 is 2.74 bits per heavy atom. The molecule has 35 heavy (non-hydrogen) atoms. The maximum atomic E-state index is 13.4. The van der Waals surface area contributed by atoms with Crippen molar-refractivity contribution in [1.29, 1.82) is 0 Å². The van der Waals surface area contributed by atoms with Crippen molar-refractivity contribution >= 4 is 11.8 Å². The predicted octanol–water partition coefficient (Wildman–Crippen LogP) is 1.74. The molecule has 4 rings (SSSR count). The zero-order valence-electron chi connectivity index (χ0n) is 21.6. The summed E-state index contributed by atoms with van der Waals surface area (Å²) < 4.78 is 5.96. The number of H-pyrrole nitrogens is 1. The van der Waals surface area contributed by atoms with Gasteiger partial charge in [0.2, 0.25) is 0 Å². The van der Waals surface area contributed by atoms with Gasteiger partial charge in [-0.25, -0.2) is 0 Å². The number of ketones is 1. The van der Waals surface area contributed by atoms with Crippen molar-refractivity contribution in [3.05, 3.63) is 60.0 Å². The van der Waals surface area contributed by atoms with Crippen molar-refractivity contribution < 1.29 is 49.0 Å². The average molecular weight is 488 g/mol. The van der Waals surface area contributed by atoms with Crippen molar-refractivity contribution in [3.63, 3.8) is 0 Å². The van der Waals surface area contributed by atoms with E-state index in [9.17, 15) is 14.7 Å². The Hall–Kier alpha value is -1.40. The van der Waals surface area contributed by atoms with Crippen molar-refractivity contribution in [3.8, 4) is 0 Å². The number of hydrogen-bond donors (Lipinski definition) is 1. The predicted molar refractivity (Wildman–Crippen MR) is 131 cm³/mol. The zero-order valence-corrected chi connectivity index (χ0v) is 23.6. The van der Waals surface area contributed by atoms with Crippen LogP contribution in [0.25, 0.3) is 0 Å². The Balaban J connectivity index is 0.00000342. The SMILES string of the molecule is CC/C(=C\C=C\C1C=CC2CCCC2C1C(=O)c1ccc[nH]1)C1COC(C(C)C(=O)[O-])CC1C.[Na+]. The number of rotatable bonds is 8. The van der Waals surface area contributed by atoms with Crippen molar-refractivity contribution in [1.82, 2.24) is 4.98 Å². The fraction of sp³-hybridized carbons (Fsp3) is 0.586.